The maximum absolute atomic E-state index is 12.2. The summed E-state index contributed by atoms with van der Waals surface area (Å²) in [4.78, 5) is 36.0. The van der Waals surface area contributed by atoms with Gasteiger partial charge in [0.15, 0.2) is 0 Å². The van der Waals surface area contributed by atoms with Crippen molar-refractivity contribution in [1.29, 1.82) is 0 Å². The van der Waals surface area contributed by atoms with Crippen molar-refractivity contribution in [2.75, 3.05) is 18.9 Å². The molecule has 1 aliphatic heterocycles. The van der Waals surface area contributed by atoms with Crippen molar-refractivity contribution >= 4 is 29.5 Å². The van der Waals surface area contributed by atoms with E-state index in [0.717, 1.165) is 50.7 Å². The number of ether oxygens (including phenoxy) is 1. The summed E-state index contributed by atoms with van der Waals surface area (Å²) in [5, 5.41) is -0.164. The van der Waals surface area contributed by atoms with E-state index in [2.05, 4.69) is 6.92 Å². The lowest BCUT2D eigenvalue weighted by molar-refractivity contribution is -0.141. The molecule has 0 radical (unpaired) electrons. The van der Waals surface area contributed by atoms with Gasteiger partial charge in [-0.3, -0.25) is 19.3 Å². The molecule has 6 heteroatoms. The molecule has 0 aliphatic carbocycles. The van der Waals surface area contributed by atoms with Crippen LogP contribution in [-0.4, -0.2) is 46.8 Å². The minimum atomic E-state index is -0.217. The molecular weight excluding hydrogens is 314 g/mol. The first-order chi connectivity index (χ1) is 11.1. The van der Waals surface area contributed by atoms with E-state index in [1.165, 1.54) is 11.8 Å². The summed E-state index contributed by atoms with van der Waals surface area (Å²) < 4.78 is 4.88. The molecule has 2 amide bonds. The third-order valence-corrected chi connectivity index (χ3v) is 5.15. The second-order valence-corrected chi connectivity index (χ2v) is 7.22. The van der Waals surface area contributed by atoms with Crippen LogP contribution in [0.15, 0.2) is 0 Å². The number of carbonyl (C=O) groups is 3. The van der Waals surface area contributed by atoms with Gasteiger partial charge in [-0.25, -0.2) is 0 Å². The zero-order valence-corrected chi connectivity index (χ0v) is 15.2. The summed E-state index contributed by atoms with van der Waals surface area (Å²) in [5.41, 5.74) is 0. The molecule has 1 aliphatic rings. The molecule has 1 heterocycles. The zero-order chi connectivity index (χ0) is 17.1. The number of thioether (sulfide) groups is 1. The van der Waals surface area contributed by atoms with E-state index in [1.54, 1.807) is 11.8 Å². The molecule has 0 saturated carbocycles. The first-order valence-corrected chi connectivity index (χ1v) is 9.70. The number of likely N-dealkylation sites (tertiary alicyclic amines) is 1. The summed E-state index contributed by atoms with van der Waals surface area (Å²) >= 11 is 1.62. The highest BCUT2D eigenvalue weighted by Gasteiger charge is 2.37. The quantitative estimate of drug-likeness (QED) is 0.309. The van der Waals surface area contributed by atoms with E-state index < -0.39 is 0 Å². The van der Waals surface area contributed by atoms with Crippen LogP contribution in [0.5, 0.6) is 0 Å². The minimum Gasteiger partial charge on any atom is -0.466 e. The Balaban J connectivity index is 2.04. The second-order valence-electron chi connectivity index (χ2n) is 5.91. The van der Waals surface area contributed by atoms with Gasteiger partial charge >= 0.3 is 5.97 Å². The summed E-state index contributed by atoms with van der Waals surface area (Å²) in [6, 6.07) is 0. The molecule has 1 unspecified atom stereocenters. The summed E-state index contributed by atoms with van der Waals surface area (Å²) in [7, 11) is 0. The van der Waals surface area contributed by atoms with Gasteiger partial charge in [0.25, 0.3) is 0 Å². The third-order valence-electron chi connectivity index (χ3n) is 3.85. The average Bonchev–Trinajstić information content (AvgIpc) is 2.77. The lowest BCUT2D eigenvalue weighted by atomic mass is 10.2. The smallest absolute Gasteiger partial charge is 0.302 e. The van der Waals surface area contributed by atoms with Gasteiger partial charge in [0, 0.05) is 19.9 Å². The zero-order valence-electron chi connectivity index (χ0n) is 14.3. The molecule has 1 rings (SSSR count). The largest absolute Gasteiger partial charge is 0.466 e. The van der Waals surface area contributed by atoms with Gasteiger partial charge in [0.05, 0.1) is 11.9 Å². The lowest BCUT2D eigenvalue weighted by Gasteiger charge is -2.14. The Hall–Kier alpha value is -1.04. The Labute approximate surface area is 143 Å². The van der Waals surface area contributed by atoms with Crippen LogP contribution >= 0.6 is 11.8 Å². The van der Waals surface area contributed by atoms with Crippen molar-refractivity contribution in [3.05, 3.63) is 0 Å². The highest BCUT2D eigenvalue weighted by molar-refractivity contribution is 8.00. The van der Waals surface area contributed by atoms with Gasteiger partial charge in [-0.15, -0.1) is 11.8 Å². The van der Waals surface area contributed by atoms with Gasteiger partial charge in [0.1, 0.15) is 0 Å². The predicted octanol–water partition coefficient (Wildman–Crippen LogP) is 3.16. The van der Waals surface area contributed by atoms with Crippen molar-refractivity contribution in [2.24, 2.45) is 0 Å². The topological polar surface area (TPSA) is 63.7 Å². The van der Waals surface area contributed by atoms with E-state index in [0.29, 0.717) is 19.6 Å². The molecule has 0 spiro atoms. The minimum absolute atomic E-state index is 0.00794. The van der Waals surface area contributed by atoms with Crippen molar-refractivity contribution in [2.45, 2.75) is 70.5 Å². The number of esters is 1. The van der Waals surface area contributed by atoms with Gasteiger partial charge in [-0.2, -0.15) is 0 Å². The maximum atomic E-state index is 12.2. The molecular formula is C17H29NO4S. The van der Waals surface area contributed by atoms with E-state index in [-0.39, 0.29) is 23.0 Å². The van der Waals surface area contributed by atoms with E-state index in [4.69, 9.17) is 4.74 Å². The van der Waals surface area contributed by atoms with Gasteiger partial charge in [-0.05, 0) is 25.0 Å². The van der Waals surface area contributed by atoms with Crippen LogP contribution in [0.1, 0.15) is 65.2 Å². The number of imide groups is 1. The number of hydrogen-bond acceptors (Lipinski definition) is 5. The first-order valence-electron chi connectivity index (χ1n) is 8.65. The number of amides is 2. The molecule has 1 atom stereocenters. The maximum Gasteiger partial charge on any atom is 0.302 e. The number of hydrogen-bond donors (Lipinski definition) is 0. The standard InChI is InChI=1S/C17H29NO4S/c1-3-4-10-18-16(20)13-15(17(18)21)23-12-9-7-5-6-8-11-22-14(2)19/h15H,3-13H2,1-2H3. The molecule has 1 saturated heterocycles. The average molecular weight is 343 g/mol. The summed E-state index contributed by atoms with van der Waals surface area (Å²) in [5.74, 6) is 0.710. The third kappa shape index (κ3) is 7.86. The molecule has 0 aromatic carbocycles. The fraction of sp³-hybridized carbons (Fsp3) is 0.824. The van der Waals surface area contributed by atoms with Crippen LogP contribution in [0.4, 0.5) is 0 Å². The molecule has 0 N–H and O–H groups in total. The second kappa shape index (κ2) is 11.5. The number of carbonyl (C=O) groups excluding carboxylic acids is 3. The lowest BCUT2D eigenvalue weighted by Crippen LogP contribution is -2.32. The van der Waals surface area contributed by atoms with E-state index >= 15 is 0 Å². The fourth-order valence-corrected chi connectivity index (χ4v) is 3.70. The van der Waals surface area contributed by atoms with Crippen molar-refractivity contribution < 1.29 is 19.1 Å². The van der Waals surface area contributed by atoms with Crippen LogP contribution < -0.4 is 0 Å². The van der Waals surface area contributed by atoms with Gasteiger partial charge in [0.2, 0.25) is 11.8 Å². The Bertz CT molecular complexity index is 400. The summed E-state index contributed by atoms with van der Waals surface area (Å²) in [6.45, 7) is 4.57. The van der Waals surface area contributed by atoms with Crippen LogP contribution in [0.2, 0.25) is 0 Å². The Morgan fingerprint density at radius 3 is 2.57 bits per heavy atom. The van der Waals surface area contributed by atoms with Gasteiger partial charge in [-0.1, -0.05) is 32.6 Å². The summed E-state index contributed by atoms with van der Waals surface area (Å²) in [6.07, 6.45) is 7.51. The number of rotatable bonds is 12. The fourth-order valence-electron chi connectivity index (χ4n) is 2.51. The number of unbranched alkanes of at least 4 members (excludes halogenated alkanes) is 5. The van der Waals surface area contributed by atoms with E-state index in [9.17, 15) is 14.4 Å². The molecule has 23 heavy (non-hydrogen) atoms. The molecule has 1 fully saturated rings. The Morgan fingerprint density at radius 2 is 1.87 bits per heavy atom. The first kappa shape index (κ1) is 20.0. The van der Waals surface area contributed by atoms with Crippen molar-refractivity contribution in [3.63, 3.8) is 0 Å². The number of nitrogens with zero attached hydrogens (tertiary/aromatic N) is 1. The SMILES string of the molecule is CCCCN1C(=O)CC(SCCCCCCCOC(C)=O)C1=O. The molecule has 132 valence electrons. The highest BCUT2D eigenvalue weighted by atomic mass is 32.2. The van der Waals surface area contributed by atoms with Crippen LogP contribution in [0.3, 0.4) is 0 Å². The Kier molecular flexibility index (Phi) is 9.99. The molecule has 0 bridgehead atoms. The highest BCUT2D eigenvalue weighted by Crippen LogP contribution is 2.26. The molecule has 0 aromatic heterocycles. The monoisotopic (exact) mass is 343 g/mol. The van der Waals surface area contributed by atoms with Crippen LogP contribution in [-0.2, 0) is 19.1 Å². The van der Waals surface area contributed by atoms with Crippen molar-refractivity contribution in [3.8, 4) is 0 Å². The van der Waals surface area contributed by atoms with Crippen molar-refractivity contribution in [1.82, 2.24) is 4.90 Å². The van der Waals surface area contributed by atoms with Gasteiger partial charge < -0.3 is 4.74 Å². The predicted molar refractivity (Wildman–Crippen MR) is 92.2 cm³/mol. The Morgan fingerprint density at radius 1 is 1.17 bits per heavy atom. The van der Waals surface area contributed by atoms with Crippen LogP contribution in [0, 0.1) is 0 Å². The molecule has 5 nitrogen and oxygen atoms in total. The van der Waals surface area contributed by atoms with Crippen LogP contribution in [0.25, 0.3) is 0 Å². The molecule has 0 aromatic rings. The van der Waals surface area contributed by atoms with E-state index in [1.807, 2.05) is 0 Å². The normalized spacial score (nSPS) is 17.8.